The Morgan fingerprint density at radius 3 is 1.56 bits per heavy atom. The van der Waals surface area contributed by atoms with Crippen molar-refractivity contribution in [2.24, 2.45) is 27.2 Å². The molecule has 0 bridgehead atoms. The maximum atomic E-state index is 5.95. The molecule has 0 aliphatic rings. The summed E-state index contributed by atoms with van der Waals surface area (Å²) in [7, 11) is 0. The summed E-state index contributed by atoms with van der Waals surface area (Å²) in [6.45, 7) is 0. The highest BCUT2D eigenvalue weighted by atomic mass is 35.5. The molecule has 0 saturated heterocycles. The maximum absolute atomic E-state index is 5.95. The van der Waals surface area contributed by atoms with Gasteiger partial charge in [-0.2, -0.15) is 20.0 Å². The second-order valence-electron chi connectivity index (χ2n) is 5.30. The molecular formula is C17H14Cl2N8. The number of aromatic nitrogens is 3. The third-order valence-electron chi connectivity index (χ3n) is 3.29. The summed E-state index contributed by atoms with van der Waals surface area (Å²) in [6, 6.07) is 14.1. The van der Waals surface area contributed by atoms with Crippen LogP contribution in [0.4, 0.5) is 5.95 Å². The second-order valence-corrected chi connectivity index (χ2v) is 6.18. The monoisotopic (exact) mass is 400 g/mol. The van der Waals surface area contributed by atoms with E-state index in [-0.39, 0.29) is 17.9 Å². The number of nitrogens with zero attached hydrogens (tertiary/aromatic N) is 5. The number of guanidine groups is 2. The first kappa shape index (κ1) is 18.6. The van der Waals surface area contributed by atoms with E-state index in [9.17, 15) is 0 Å². The van der Waals surface area contributed by atoms with Crippen molar-refractivity contribution >= 4 is 41.1 Å². The maximum Gasteiger partial charge on any atom is 0.256 e. The van der Waals surface area contributed by atoms with Crippen LogP contribution in [0.1, 0.15) is 0 Å². The number of halogens is 2. The third kappa shape index (κ3) is 4.90. The zero-order chi connectivity index (χ0) is 19.4. The molecule has 6 N–H and O–H groups in total. The molecule has 27 heavy (non-hydrogen) atoms. The van der Waals surface area contributed by atoms with Crippen molar-refractivity contribution in [1.82, 2.24) is 15.0 Å². The van der Waals surface area contributed by atoms with Gasteiger partial charge in [-0.25, -0.2) is 4.98 Å². The van der Waals surface area contributed by atoms with Gasteiger partial charge in [0.05, 0.1) is 0 Å². The Morgan fingerprint density at radius 1 is 0.704 bits per heavy atom. The molecule has 3 rings (SSSR count). The number of rotatable bonds is 3. The number of hydrogen-bond acceptors (Lipinski definition) is 4. The van der Waals surface area contributed by atoms with Gasteiger partial charge < -0.3 is 17.2 Å². The van der Waals surface area contributed by atoms with E-state index in [2.05, 4.69) is 24.9 Å². The highest BCUT2D eigenvalue weighted by Gasteiger charge is 2.11. The predicted molar refractivity (Wildman–Crippen MR) is 108 cm³/mol. The van der Waals surface area contributed by atoms with E-state index in [1.54, 1.807) is 48.5 Å². The summed E-state index contributed by atoms with van der Waals surface area (Å²) in [4.78, 5) is 20.8. The standard InChI is InChI=1S/C17H14Cl2N8/c18-11-5-1-9(2-6-11)13-23-14(10-3-7-12(19)8-4-10)25-17(24-13)27-16(22)26-15(20)21/h1-8H,(H6,20,21,22,23,24,25,26,27). The lowest BCUT2D eigenvalue weighted by Crippen LogP contribution is -2.26. The molecule has 2 aromatic carbocycles. The van der Waals surface area contributed by atoms with Crippen LogP contribution in [-0.4, -0.2) is 26.9 Å². The lowest BCUT2D eigenvalue weighted by atomic mass is 10.2. The number of nitrogens with two attached hydrogens (primary N) is 3. The van der Waals surface area contributed by atoms with Crippen LogP contribution in [0.15, 0.2) is 58.5 Å². The topological polar surface area (TPSA) is 141 Å². The van der Waals surface area contributed by atoms with Crippen molar-refractivity contribution < 1.29 is 0 Å². The predicted octanol–water partition coefficient (Wildman–Crippen LogP) is 2.73. The van der Waals surface area contributed by atoms with Crippen LogP contribution in [0.2, 0.25) is 10.0 Å². The molecule has 0 aliphatic carbocycles. The summed E-state index contributed by atoms with van der Waals surface area (Å²) >= 11 is 11.9. The minimum atomic E-state index is -0.221. The van der Waals surface area contributed by atoms with Gasteiger partial charge in [-0.05, 0) is 48.5 Å². The molecule has 0 aliphatic heterocycles. The van der Waals surface area contributed by atoms with Crippen LogP contribution >= 0.6 is 23.2 Å². The lowest BCUT2D eigenvalue weighted by molar-refractivity contribution is 1.05. The molecule has 0 unspecified atom stereocenters. The summed E-state index contributed by atoms with van der Waals surface area (Å²) in [6.07, 6.45) is 0. The first-order chi connectivity index (χ1) is 12.9. The molecular weight excluding hydrogens is 387 g/mol. The quantitative estimate of drug-likeness (QED) is 0.455. The zero-order valence-corrected chi connectivity index (χ0v) is 15.4. The normalized spacial score (nSPS) is 11.3. The van der Waals surface area contributed by atoms with Gasteiger partial charge in [0.2, 0.25) is 5.96 Å². The minimum Gasteiger partial charge on any atom is -0.370 e. The van der Waals surface area contributed by atoms with Gasteiger partial charge in [-0.3, -0.25) is 0 Å². The van der Waals surface area contributed by atoms with Crippen molar-refractivity contribution in [3.63, 3.8) is 0 Å². The van der Waals surface area contributed by atoms with Gasteiger partial charge in [-0.15, -0.1) is 0 Å². The lowest BCUT2D eigenvalue weighted by Gasteiger charge is -2.06. The Morgan fingerprint density at radius 2 is 1.15 bits per heavy atom. The molecule has 10 heteroatoms. The Bertz CT molecular complexity index is 946. The minimum absolute atomic E-state index is 0.0578. The SMILES string of the molecule is NC(N)=N/C(N)=N/c1nc(-c2ccc(Cl)cc2)nc(-c2ccc(Cl)cc2)n1. The second kappa shape index (κ2) is 7.98. The van der Waals surface area contributed by atoms with Crippen molar-refractivity contribution in [3.05, 3.63) is 58.6 Å². The first-order valence-corrected chi connectivity index (χ1v) is 8.38. The molecule has 0 atom stereocenters. The fraction of sp³-hybridized carbons (Fsp3) is 0. The van der Waals surface area contributed by atoms with Crippen LogP contribution in [-0.2, 0) is 0 Å². The Balaban J connectivity index is 2.14. The van der Waals surface area contributed by atoms with Gasteiger partial charge in [0.15, 0.2) is 17.6 Å². The van der Waals surface area contributed by atoms with Crippen LogP contribution < -0.4 is 17.2 Å². The summed E-state index contributed by atoms with van der Waals surface area (Å²) < 4.78 is 0. The molecule has 0 fully saturated rings. The third-order valence-corrected chi connectivity index (χ3v) is 3.79. The van der Waals surface area contributed by atoms with E-state index < -0.39 is 0 Å². The van der Waals surface area contributed by atoms with Gasteiger partial charge in [0.25, 0.3) is 5.95 Å². The molecule has 1 aromatic heterocycles. The highest BCUT2D eigenvalue weighted by molar-refractivity contribution is 6.30. The number of hydrogen-bond donors (Lipinski definition) is 3. The van der Waals surface area contributed by atoms with E-state index >= 15 is 0 Å². The van der Waals surface area contributed by atoms with Crippen LogP contribution in [0, 0.1) is 0 Å². The van der Waals surface area contributed by atoms with Crippen molar-refractivity contribution in [2.45, 2.75) is 0 Å². The van der Waals surface area contributed by atoms with Gasteiger partial charge in [0.1, 0.15) is 0 Å². The smallest absolute Gasteiger partial charge is 0.256 e. The summed E-state index contributed by atoms with van der Waals surface area (Å²) in [5.41, 5.74) is 17.8. The molecule has 136 valence electrons. The van der Waals surface area contributed by atoms with Gasteiger partial charge in [-0.1, -0.05) is 23.2 Å². The fourth-order valence-corrected chi connectivity index (χ4v) is 2.38. The molecule has 8 nitrogen and oxygen atoms in total. The van der Waals surface area contributed by atoms with Crippen LogP contribution in [0.5, 0.6) is 0 Å². The van der Waals surface area contributed by atoms with Crippen LogP contribution in [0.25, 0.3) is 22.8 Å². The van der Waals surface area contributed by atoms with Crippen molar-refractivity contribution in [2.75, 3.05) is 0 Å². The Labute approximate surface area is 164 Å². The Kier molecular flexibility index (Phi) is 5.49. The molecule has 1 heterocycles. The average molecular weight is 401 g/mol. The first-order valence-electron chi connectivity index (χ1n) is 7.62. The zero-order valence-electron chi connectivity index (χ0n) is 13.8. The molecule has 0 saturated carbocycles. The van der Waals surface area contributed by atoms with E-state index in [1.165, 1.54) is 0 Å². The Hall–Kier alpha value is -3.23. The van der Waals surface area contributed by atoms with Gasteiger partial charge in [0, 0.05) is 21.2 Å². The largest absolute Gasteiger partial charge is 0.370 e. The fourth-order valence-electron chi connectivity index (χ4n) is 2.13. The molecule has 0 amide bonds. The van der Waals surface area contributed by atoms with E-state index in [0.29, 0.717) is 21.7 Å². The number of aliphatic imine (C=N–C) groups is 2. The summed E-state index contributed by atoms with van der Waals surface area (Å²) in [5.74, 6) is 0.444. The average Bonchev–Trinajstić information content (AvgIpc) is 2.62. The van der Waals surface area contributed by atoms with Gasteiger partial charge >= 0.3 is 0 Å². The summed E-state index contributed by atoms with van der Waals surface area (Å²) in [5, 5.41) is 1.20. The van der Waals surface area contributed by atoms with E-state index in [1.807, 2.05) is 0 Å². The van der Waals surface area contributed by atoms with Crippen molar-refractivity contribution in [3.8, 4) is 22.8 Å². The van der Waals surface area contributed by atoms with Crippen LogP contribution in [0.3, 0.4) is 0 Å². The van der Waals surface area contributed by atoms with E-state index in [4.69, 9.17) is 40.4 Å². The van der Waals surface area contributed by atoms with Crippen molar-refractivity contribution in [1.29, 1.82) is 0 Å². The highest BCUT2D eigenvalue weighted by Crippen LogP contribution is 2.24. The molecule has 0 spiro atoms. The molecule has 0 radical (unpaired) electrons. The van der Waals surface area contributed by atoms with E-state index in [0.717, 1.165) is 11.1 Å². The molecule has 3 aromatic rings. The number of benzene rings is 2.